The van der Waals surface area contributed by atoms with Gasteiger partial charge < -0.3 is 15.2 Å². The monoisotopic (exact) mass is 305 g/mol. The first-order chi connectivity index (χ1) is 10.6. The third-order valence-electron chi connectivity index (χ3n) is 4.36. The number of amides is 1. The number of ether oxygens (including phenoxy) is 1. The zero-order valence-corrected chi connectivity index (χ0v) is 13.5. The molecule has 1 aliphatic rings. The molecule has 2 N–H and O–H groups in total. The Morgan fingerprint density at radius 3 is 2.73 bits per heavy atom. The standard InChI is InChI=1S/C18H27NO3/c1-13-7-6-10-16(11-13)22-14(2)18(21)19-17(12-20)15-8-4-3-5-9-15/h3-5,8-9,13-14,16-17,20H,6-7,10-12H2,1-2H3,(H,19,21)/t13?,14?,16?,17-/m1/s1. The van der Waals surface area contributed by atoms with Crippen molar-refractivity contribution in [3.05, 3.63) is 35.9 Å². The van der Waals surface area contributed by atoms with Gasteiger partial charge in [0.1, 0.15) is 6.10 Å². The van der Waals surface area contributed by atoms with Crippen molar-refractivity contribution in [1.82, 2.24) is 5.32 Å². The lowest BCUT2D eigenvalue weighted by Crippen LogP contribution is -2.40. The summed E-state index contributed by atoms with van der Waals surface area (Å²) >= 11 is 0. The molecule has 1 aromatic rings. The van der Waals surface area contributed by atoms with Gasteiger partial charge in [-0.15, -0.1) is 0 Å². The second-order valence-electron chi connectivity index (χ2n) is 6.33. The van der Waals surface area contributed by atoms with E-state index in [1.807, 2.05) is 30.3 Å². The van der Waals surface area contributed by atoms with E-state index in [9.17, 15) is 9.90 Å². The predicted octanol–water partition coefficient (Wildman–Crippen LogP) is 2.82. The summed E-state index contributed by atoms with van der Waals surface area (Å²) in [7, 11) is 0. The summed E-state index contributed by atoms with van der Waals surface area (Å²) in [6.45, 7) is 3.90. The summed E-state index contributed by atoms with van der Waals surface area (Å²) in [5.41, 5.74) is 0.900. The van der Waals surface area contributed by atoms with Crippen molar-refractivity contribution in [2.24, 2.45) is 5.92 Å². The van der Waals surface area contributed by atoms with Gasteiger partial charge in [0.15, 0.2) is 0 Å². The fourth-order valence-corrected chi connectivity index (χ4v) is 3.06. The number of nitrogens with one attached hydrogen (secondary N) is 1. The molecule has 0 aliphatic heterocycles. The Hall–Kier alpha value is -1.39. The van der Waals surface area contributed by atoms with E-state index in [4.69, 9.17) is 4.74 Å². The van der Waals surface area contributed by atoms with Gasteiger partial charge in [-0.1, -0.05) is 50.1 Å². The van der Waals surface area contributed by atoms with Crippen molar-refractivity contribution >= 4 is 5.91 Å². The number of benzene rings is 1. The molecule has 1 aromatic carbocycles. The van der Waals surface area contributed by atoms with Crippen LogP contribution in [0.5, 0.6) is 0 Å². The maximum atomic E-state index is 12.3. The van der Waals surface area contributed by atoms with Crippen LogP contribution in [0.3, 0.4) is 0 Å². The molecule has 1 saturated carbocycles. The fourth-order valence-electron chi connectivity index (χ4n) is 3.06. The van der Waals surface area contributed by atoms with E-state index in [2.05, 4.69) is 12.2 Å². The van der Waals surface area contributed by atoms with Gasteiger partial charge >= 0.3 is 0 Å². The SMILES string of the molecule is CC1CCCC(OC(C)C(=O)N[C@H](CO)c2ccccc2)C1. The third kappa shape index (κ3) is 4.82. The van der Waals surface area contributed by atoms with Gasteiger partial charge in [0, 0.05) is 0 Å². The Bertz CT molecular complexity index is 463. The topological polar surface area (TPSA) is 58.6 Å². The molecule has 4 heteroatoms. The van der Waals surface area contributed by atoms with E-state index in [1.165, 1.54) is 12.8 Å². The molecule has 1 amide bonds. The van der Waals surface area contributed by atoms with Crippen LogP contribution in [0, 0.1) is 5.92 Å². The molecule has 2 rings (SSSR count). The molecular formula is C18H27NO3. The number of hydrogen-bond donors (Lipinski definition) is 2. The molecule has 0 heterocycles. The lowest BCUT2D eigenvalue weighted by Gasteiger charge is -2.29. The summed E-state index contributed by atoms with van der Waals surface area (Å²) in [6, 6.07) is 9.12. The highest BCUT2D eigenvalue weighted by Crippen LogP contribution is 2.26. The summed E-state index contributed by atoms with van der Waals surface area (Å²) in [6.07, 6.45) is 4.16. The average molecular weight is 305 g/mol. The lowest BCUT2D eigenvalue weighted by molar-refractivity contribution is -0.138. The van der Waals surface area contributed by atoms with E-state index in [-0.39, 0.29) is 24.7 Å². The second kappa shape index (κ2) is 8.30. The van der Waals surface area contributed by atoms with Crippen LogP contribution in [0.25, 0.3) is 0 Å². The van der Waals surface area contributed by atoms with Gasteiger partial charge in [-0.25, -0.2) is 0 Å². The molecule has 0 bridgehead atoms. The first-order valence-electron chi connectivity index (χ1n) is 8.21. The number of hydrogen-bond acceptors (Lipinski definition) is 3. The highest BCUT2D eigenvalue weighted by atomic mass is 16.5. The quantitative estimate of drug-likeness (QED) is 0.849. The van der Waals surface area contributed by atoms with E-state index in [1.54, 1.807) is 6.92 Å². The predicted molar refractivity (Wildman–Crippen MR) is 86.4 cm³/mol. The van der Waals surface area contributed by atoms with E-state index in [0.29, 0.717) is 5.92 Å². The van der Waals surface area contributed by atoms with Gasteiger partial charge in [-0.05, 0) is 31.2 Å². The van der Waals surface area contributed by atoms with E-state index < -0.39 is 6.10 Å². The molecule has 0 spiro atoms. The van der Waals surface area contributed by atoms with Crippen molar-refractivity contribution in [3.63, 3.8) is 0 Å². The fraction of sp³-hybridized carbons (Fsp3) is 0.611. The normalized spacial score (nSPS) is 24.5. The Morgan fingerprint density at radius 1 is 1.36 bits per heavy atom. The summed E-state index contributed by atoms with van der Waals surface area (Å²) in [5, 5.41) is 12.4. The van der Waals surface area contributed by atoms with Crippen molar-refractivity contribution in [1.29, 1.82) is 0 Å². The molecule has 1 aliphatic carbocycles. The van der Waals surface area contributed by atoms with Crippen LogP contribution in [0.2, 0.25) is 0 Å². The molecule has 4 atom stereocenters. The molecule has 0 radical (unpaired) electrons. The summed E-state index contributed by atoms with van der Waals surface area (Å²) < 4.78 is 5.91. The molecule has 1 fully saturated rings. The van der Waals surface area contributed by atoms with Gasteiger partial charge in [-0.3, -0.25) is 4.79 Å². The minimum atomic E-state index is -0.493. The second-order valence-corrected chi connectivity index (χ2v) is 6.33. The van der Waals surface area contributed by atoms with Crippen LogP contribution >= 0.6 is 0 Å². The minimum absolute atomic E-state index is 0.122. The molecule has 3 unspecified atom stereocenters. The smallest absolute Gasteiger partial charge is 0.249 e. The maximum absolute atomic E-state index is 12.3. The van der Waals surface area contributed by atoms with Crippen LogP contribution in [0.1, 0.15) is 51.1 Å². The average Bonchev–Trinajstić information content (AvgIpc) is 2.53. The van der Waals surface area contributed by atoms with Crippen molar-refractivity contribution in [3.8, 4) is 0 Å². The minimum Gasteiger partial charge on any atom is -0.394 e. The Morgan fingerprint density at radius 2 is 2.09 bits per heavy atom. The third-order valence-corrected chi connectivity index (χ3v) is 4.36. The molecule has 0 saturated heterocycles. The first-order valence-corrected chi connectivity index (χ1v) is 8.21. The van der Waals surface area contributed by atoms with Crippen molar-refractivity contribution < 1.29 is 14.6 Å². The zero-order chi connectivity index (χ0) is 15.9. The van der Waals surface area contributed by atoms with Gasteiger partial charge in [0.05, 0.1) is 18.8 Å². The molecule has 122 valence electrons. The highest BCUT2D eigenvalue weighted by molar-refractivity contribution is 5.80. The molecule has 22 heavy (non-hydrogen) atoms. The van der Waals surface area contributed by atoms with E-state index in [0.717, 1.165) is 18.4 Å². The number of aliphatic hydroxyl groups is 1. The maximum Gasteiger partial charge on any atom is 0.249 e. The van der Waals surface area contributed by atoms with Gasteiger partial charge in [-0.2, -0.15) is 0 Å². The lowest BCUT2D eigenvalue weighted by atomic mass is 9.88. The number of rotatable bonds is 6. The largest absolute Gasteiger partial charge is 0.394 e. The molecule has 0 aromatic heterocycles. The Kier molecular flexibility index (Phi) is 6.40. The van der Waals surface area contributed by atoms with Crippen LogP contribution < -0.4 is 5.32 Å². The molecule has 4 nitrogen and oxygen atoms in total. The summed E-state index contributed by atoms with van der Waals surface area (Å²) in [5.74, 6) is 0.504. The van der Waals surface area contributed by atoms with Gasteiger partial charge in [0.25, 0.3) is 0 Å². The van der Waals surface area contributed by atoms with Crippen molar-refractivity contribution in [2.45, 2.75) is 57.8 Å². The number of aliphatic hydroxyl groups excluding tert-OH is 1. The zero-order valence-electron chi connectivity index (χ0n) is 13.5. The summed E-state index contributed by atoms with van der Waals surface area (Å²) in [4.78, 5) is 12.3. The van der Waals surface area contributed by atoms with Crippen LogP contribution in [0.4, 0.5) is 0 Å². The first kappa shape index (κ1) is 17.0. The Balaban J connectivity index is 1.87. The molecular weight excluding hydrogens is 278 g/mol. The van der Waals surface area contributed by atoms with Crippen LogP contribution in [0.15, 0.2) is 30.3 Å². The van der Waals surface area contributed by atoms with Crippen LogP contribution in [-0.4, -0.2) is 29.8 Å². The van der Waals surface area contributed by atoms with Crippen LogP contribution in [-0.2, 0) is 9.53 Å². The number of carbonyl (C=O) groups excluding carboxylic acids is 1. The number of carbonyl (C=O) groups is 1. The van der Waals surface area contributed by atoms with Crippen molar-refractivity contribution in [2.75, 3.05) is 6.61 Å². The van der Waals surface area contributed by atoms with Gasteiger partial charge in [0.2, 0.25) is 5.91 Å². The Labute approximate surface area is 132 Å². The highest BCUT2D eigenvalue weighted by Gasteiger charge is 2.25. The van der Waals surface area contributed by atoms with E-state index >= 15 is 0 Å².